The molecule has 7 heteroatoms. The van der Waals surface area contributed by atoms with Gasteiger partial charge in [-0.15, -0.1) is 24.0 Å². The van der Waals surface area contributed by atoms with Crippen LogP contribution in [0.3, 0.4) is 0 Å². The zero-order valence-electron chi connectivity index (χ0n) is 17.0. The molecule has 6 nitrogen and oxygen atoms in total. The minimum Gasteiger partial charge on any atom is -0.354 e. The molecule has 0 unspecified atom stereocenters. The predicted octanol–water partition coefficient (Wildman–Crippen LogP) is 2.63. The number of aromatic nitrogens is 1. The second-order valence-electron chi connectivity index (χ2n) is 6.98. The number of anilines is 1. The molecular weight excluding hydrogens is 463 g/mol. The zero-order chi connectivity index (χ0) is 19.1. The van der Waals surface area contributed by atoms with Crippen molar-refractivity contribution in [3.63, 3.8) is 0 Å². The second-order valence-corrected chi connectivity index (χ2v) is 6.98. The van der Waals surface area contributed by atoms with Gasteiger partial charge >= 0.3 is 0 Å². The molecule has 1 fully saturated rings. The van der Waals surface area contributed by atoms with Crippen LogP contribution in [0.1, 0.15) is 16.7 Å². The highest BCUT2D eigenvalue weighted by Crippen LogP contribution is 2.18. The number of pyridine rings is 1. The maximum absolute atomic E-state index is 4.64. The minimum atomic E-state index is 0. The van der Waals surface area contributed by atoms with Gasteiger partial charge in [0.2, 0.25) is 0 Å². The van der Waals surface area contributed by atoms with E-state index in [0.717, 1.165) is 44.5 Å². The molecule has 1 saturated heterocycles. The van der Waals surface area contributed by atoms with Crippen LogP contribution >= 0.6 is 24.0 Å². The number of nitrogens with one attached hydrogen (secondary N) is 2. The first-order chi connectivity index (χ1) is 13.2. The van der Waals surface area contributed by atoms with Crippen molar-refractivity contribution in [3.8, 4) is 0 Å². The summed E-state index contributed by atoms with van der Waals surface area (Å²) in [4.78, 5) is 13.7. The minimum absolute atomic E-state index is 0. The fourth-order valence-corrected chi connectivity index (χ4v) is 3.26. The topological polar surface area (TPSA) is 55.8 Å². The molecular formula is C21H31IN6. The van der Waals surface area contributed by atoms with E-state index in [2.05, 4.69) is 74.7 Å². The van der Waals surface area contributed by atoms with Gasteiger partial charge in [-0.2, -0.15) is 0 Å². The number of aliphatic imine (C=N–C) groups is 1. The Morgan fingerprint density at radius 1 is 1.00 bits per heavy atom. The van der Waals surface area contributed by atoms with Gasteiger partial charge in [0, 0.05) is 58.1 Å². The van der Waals surface area contributed by atoms with E-state index < -0.39 is 0 Å². The van der Waals surface area contributed by atoms with Gasteiger partial charge in [-0.05, 0) is 31.2 Å². The van der Waals surface area contributed by atoms with Crippen LogP contribution in [0, 0.1) is 6.92 Å². The van der Waals surface area contributed by atoms with E-state index in [9.17, 15) is 0 Å². The second kappa shape index (κ2) is 11.2. The average Bonchev–Trinajstić information content (AvgIpc) is 2.70. The Bertz CT molecular complexity index is 771. The van der Waals surface area contributed by atoms with E-state index in [0.29, 0.717) is 6.54 Å². The van der Waals surface area contributed by atoms with Crippen LogP contribution in [0.25, 0.3) is 0 Å². The molecule has 0 radical (unpaired) electrons. The lowest BCUT2D eigenvalue weighted by molar-refractivity contribution is 0.312. The number of benzene rings is 1. The third kappa shape index (κ3) is 6.07. The van der Waals surface area contributed by atoms with Gasteiger partial charge in [0.1, 0.15) is 5.82 Å². The van der Waals surface area contributed by atoms with Crippen molar-refractivity contribution < 1.29 is 0 Å². The van der Waals surface area contributed by atoms with Crippen molar-refractivity contribution in [3.05, 3.63) is 59.3 Å². The summed E-state index contributed by atoms with van der Waals surface area (Å²) < 4.78 is 0. The lowest BCUT2D eigenvalue weighted by atomic mass is 10.1. The molecule has 0 saturated carbocycles. The van der Waals surface area contributed by atoms with E-state index in [1.807, 2.05) is 12.3 Å². The van der Waals surface area contributed by atoms with E-state index in [1.54, 1.807) is 7.05 Å². The van der Waals surface area contributed by atoms with E-state index in [-0.39, 0.29) is 24.0 Å². The molecule has 28 heavy (non-hydrogen) atoms. The molecule has 3 rings (SSSR count). The van der Waals surface area contributed by atoms with Gasteiger partial charge < -0.3 is 20.4 Å². The van der Waals surface area contributed by atoms with Gasteiger partial charge in [0.05, 0.1) is 0 Å². The quantitative estimate of drug-likeness (QED) is 0.381. The molecule has 152 valence electrons. The normalized spacial score (nSPS) is 15.1. The SMILES string of the molecule is CN=C(NCc1ccccc1C)NCc1cccnc1N1CCN(C)CC1.I. The zero-order valence-corrected chi connectivity index (χ0v) is 19.3. The summed E-state index contributed by atoms with van der Waals surface area (Å²) in [7, 11) is 3.97. The van der Waals surface area contributed by atoms with Crippen molar-refractivity contribution in [2.75, 3.05) is 45.2 Å². The Hall–Kier alpha value is -1.87. The van der Waals surface area contributed by atoms with Crippen molar-refractivity contribution in [2.45, 2.75) is 20.0 Å². The molecule has 1 aliphatic rings. The van der Waals surface area contributed by atoms with Crippen LogP contribution < -0.4 is 15.5 Å². The number of nitrogens with zero attached hydrogens (tertiary/aromatic N) is 4. The van der Waals surface area contributed by atoms with E-state index in [4.69, 9.17) is 0 Å². The number of rotatable bonds is 5. The van der Waals surface area contributed by atoms with Gasteiger partial charge in [-0.1, -0.05) is 30.3 Å². The van der Waals surface area contributed by atoms with Crippen LogP contribution in [0.4, 0.5) is 5.82 Å². The molecule has 0 bridgehead atoms. The molecule has 0 atom stereocenters. The predicted molar refractivity (Wildman–Crippen MR) is 128 cm³/mol. The molecule has 2 aromatic rings. The molecule has 1 aliphatic heterocycles. The highest BCUT2D eigenvalue weighted by molar-refractivity contribution is 14.0. The summed E-state index contributed by atoms with van der Waals surface area (Å²) in [5, 5.41) is 6.83. The third-order valence-electron chi connectivity index (χ3n) is 5.05. The number of halogens is 1. The van der Waals surface area contributed by atoms with E-state index in [1.165, 1.54) is 16.7 Å². The highest BCUT2D eigenvalue weighted by atomic mass is 127. The van der Waals surface area contributed by atoms with Crippen LogP contribution in [0.15, 0.2) is 47.6 Å². The van der Waals surface area contributed by atoms with Gasteiger partial charge in [-0.3, -0.25) is 4.99 Å². The maximum atomic E-state index is 4.64. The Morgan fingerprint density at radius 3 is 2.32 bits per heavy atom. The summed E-state index contributed by atoms with van der Waals surface area (Å²) in [6.07, 6.45) is 1.88. The number of guanidine groups is 1. The third-order valence-corrected chi connectivity index (χ3v) is 5.05. The lowest BCUT2D eigenvalue weighted by Gasteiger charge is -2.34. The van der Waals surface area contributed by atoms with Gasteiger partial charge in [0.25, 0.3) is 0 Å². The summed E-state index contributed by atoms with van der Waals surface area (Å²) >= 11 is 0. The van der Waals surface area contributed by atoms with Gasteiger partial charge in [-0.25, -0.2) is 4.98 Å². The number of likely N-dealkylation sites (N-methyl/N-ethyl adjacent to an activating group) is 1. The van der Waals surface area contributed by atoms with Crippen LogP contribution in [0.5, 0.6) is 0 Å². The van der Waals surface area contributed by atoms with Crippen molar-refractivity contribution in [1.82, 2.24) is 20.5 Å². The highest BCUT2D eigenvalue weighted by Gasteiger charge is 2.17. The summed E-state index contributed by atoms with van der Waals surface area (Å²) in [5.41, 5.74) is 3.76. The summed E-state index contributed by atoms with van der Waals surface area (Å²) in [6, 6.07) is 12.5. The Kier molecular flexibility index (Phi) is 8.98. The fourth-order valence-electron chi connectivity index (χ4n) is 3.26. The van der Waals surface area contributed by atoms with Crippen LogP contribution in [0.2, 0.25) is 0 Å². The first-order valence-corrected chi connectivity index (χ1v) is 9.54. The van der Waals surface area contributed by atoms with Crippen LogP contribution in [-0.2, 0) is 13.1 Å². The monoisotopic (exact) mass is 494 g/mol. The smallest absolute Gasteiger partial charge is 0.191 e. The fraction of sp³-hybridized carbons (Fsp3) is 0.429. The van der Waals surface area contributed by atoms with Crippen LogP contribution in [-0.4, -0.2) is 56.1 Å². The average molecular weight is 494 g/mol. The number of hydrogen-bond donors (Lipinski definition) is 2. The first-order valence-electron chi connectivity index (χ1n) is 9.54. The Morgan fingerprint density at radius 2 is 1.64 bits per heavy atom. The maximum Gasteiger partial charge on any atom is 0.191 e. The Labute approximate surface area is 185 Å². The number of aryl methyl sites for hydroxylation is 1. The van der Waals surface area contributed by atoms with Crippen molar-refractivity contribution >= 4 is 35.8 Å². The summed E-state index contributed by atoms with van der Waals surface area (Å²) in [6.45, 7) is 7.76. The number of hydrogen-bond acceptors (Lipinski definition) is 4. The standard InChI is InChI=1S/C21H30N6.HI/c1-17-7-4-5-8-18(17)15-24-21(22-2)25-16-19-9-6-10-23-20(19)27-13-11-26(3)12-14-27;/h4-10H,11-16H2,1-3H3,(H2,22,24,25);1H. The molecule has 2 N–H and O–H groups in total. The van der Waals surface area contributed by atoms with Crippen molar-refractivity contribution in [2.24, 2.45) is 4.99 Å². The first kappa shape index (κ1) is 22.4. The van der Waals surface area contributed by atoms with Gasteiger partial charge in [0.15, 0.2) is 5.96 Å². The molecule has 0 spiro atoms. The lowest BCUT2D eigenvalue weighted by Crippen LogP contribution is -2.45. The Balaban J connectivity index is 0.00000280. The molecule has 0 amide bonds. The number of piperazine rings is 1. The van der Waals surface area contributed by atoms with Crippen molar-refractivity contribution in [1.29, 1.82) is 0 Å². The molecule has 1 aromatic heterocycles. The molecule has 0 aliphatic carbocycles. The largest absolute Gasteiger partial charge is 0.354 e. The summed E-state index contributed by atoms with van der Waals surface area (Å²) in [5.74, 6) is 1.87. The molecule has 1 aromatic carbocycles. The van der Waals surface area contributed by atoms with E-state index >= 15 is 0 Å². The molecule has 2 heterocycles.